The van der Waals surface area contributed by atoms with Crippen molar-refractivity contribution in [3.05, 3.63) is 0 Å². The van der Waals surface area contributed by atoms with Crippen LogP contribution in [-0.2, 0) is 4.79 Å². The van der Waals surface area contributed by atoms with E-state index in [1.54, 1.807) is 0 Å². The number of aliphatic hydroxyl groups is 1. The summed E-state index contributed by atoms with van der Waals surface area (Å²) >= 11 is 0. The van der Waals surface area contributed by atoms with Gasteiger partial charge in [-0.2, -0.15) is 0 Å². The molecule has 0 aliphatic heterocycles. The van der Waals surface area contributed by atoms with Gasteiger partial charge in [-0.25, -0.2) is 0 Å². The van der Waals surface area contributed by atoms with Gasteiger partial charge in [0.2, 0.25) is 5.91 Å². The minimum atomic E-state index is 0.139. The van der Waals surface area contributed by atoms with E-state index in [0.29, 0.717) is 24.8 Å². The highest BCUT2D eigenvalue weighted by Gasteiger charge is 2.08. The summed E-state index contributed by atoms with van der Waals surface area (Å²) in [5, 5.41) is 11.7. The van der Waals surface area contributed by atoms with Crippen molar-refractivity contribution in [3.8, 4) is 0 Å². The molecular formula is C12H25NO2. The first-order valence-electron chi connectivity index (χ1n) is 5.97. The molecule has 15 heavy (non-hydrogen) atoms. The molecule has 0 heterocycles. The molecule has 0 aliphatic rings. The lowest BCUT2D eigenvalue weighted by atomic mass is 10.0. The van der Waals surface area contributed by atoms with Crippen molar-refractivity contribution < 1.29 is 9.90 Å². The summed E-state index contributed by atoms with van der Waals surface area (Å²) < 4.78 is 0. The molecule has 0 aromatic carbocycles. The molecule has 3 nitrogen and oxygen atoms in total. The van der Waals surface area contributed by atoms with Crippen molar-refractivity contribution in [2.45, 2.75) is 46.5 Å². The minimum absolute atomic E-state index is 0.139. The van der Waals surface area contributed by atoms with Gasteiger partial charge < -0.3 is 10.4 Å². The third-order valence-corrected chi connectivity index (χ3v) is 2.65. The van der Waals surface area contributed by atoms with E-state index in [2.05, 4.69) is 26.1 Å². The fourth-order valence-electron chi connectivity index (χ4n) is 1.40. The normalized spacial score (nSPS) is 12.9. The van der Waals surface area contributed by atoms with Crippen LogP contribution in [0.4, 0.5) is 0 Å². The van der Waals surface area contributed by atoms with Gasteiger partial charge in [0, 0.05) is 19.6 Å². The van der Waals surface area contributed by atoms with E-state index in [1.807, 2.05) is 0 Å². The third-order valence-electron chi connectivity index (χ3n) is 2.65. The van der Waals surface area contributed by atoms with E-state index in [4.69, 9.17) is 5.11 Å². The maximum Gasteiger partial charge on any atom is 0.220 e. The van der Waals surface area contributed by atoms with Gasteiger partial charge in [-0.05, 0) is 24.7 Å². The van der Waals surface area contributed by atoms with Gasteiger partial charge in [0.25, 0.3) is 0 Å². The fourth-order valence-corrected chi connectivity index (χ4v) is 1.40. The third kappa shape index (κ3) is 8.43. The Hall–Kier alpha value is -0.570. The van der Waals surface area contributed by atoms with Crippen LogP contribution in [0.2, 0.25) is 0 Å². The second-order valence-corrected chi connectivity index (χ2v) is 4.52. The van der Waals surface area contributed by atoms with Gasteiger partial charge in [-0.1, -0.05) is 27.2 Å². The number of hydrogen-bond donors (Lipinski definition) is 2. The standard InChI is InChI=1S/C12H25NO2/c1-4-11(7-8-14)9-13-12(15)6-5-10(2)3/h10-11,14H,4-9H2,1-3H3,(H,13,15). The predicted octanol–water partition coefficient (Wildman–Crippen LogP) is 1.95. The SMILES string of the molecule is CCC(CCO)CNC(=O)CCC(C)C. The Morgan fingerprint density at radius 2 is 2.00 bits per heavy atom. The highest BCUT2D eigenvalue weighted by atomic mass is 16.3. The lowest BCUT2D eigenvalue weighted by Gasteiger charge is -2.14. The molecular weight excluding hydrogens is 190 g/mol. The first-order valence-corrected chi connectivity index (χ1v) is 5.97. The molecule has 0 saturated carbocycles. The molecule has 0 aliphatic carbocycles. The molecule has 1 unspecified atom stereocenters. The van der Waals surface area contributed by atoms with Crippen LogP contribution in [0.15, 0.2) is 0 Å². The average Bonchev–Trinajstić information content (AvgIpc) is 2.21. The summed E-state index contributed by atoms with van der Waals surface area (Å²) in [4.78, 5) is 11.4. The quantitative estimate of drug-likeness (QED) is 0.650. The second-order valence-electron chi connectivity index (χ2n) is 4.52. The Morgan fingerprint density at radius 1 is 1.33 bits per heavy atom. The molecule has 0 bridgehead atoms. The lowest BCUT2D eigenvalue weighted by molar-refractivity contribution is -0.121. The van der Waals surface area contributed by atoms with Crippen LogP contribution >= 0.6 is 0 Å². The van der Waals surface area contributed by atoms with E-state index in [1.165, 1.54) is 0 Å². The van der Waals surface area contributed by atoms with Crippen molar-refractivity contribution in [2.75, 3.05) is 13.2 Å². The number of hydrogen-bond acceptors (Lipinski definition) is 2. The molecule has 0 fully saturated rings. The zero-order valence-corrected chi connectivity index (χ0v) is 10.3. The molecule has 0 spiro atoms. The zero-order chi connectivity index (χ0) is 11.7. The smallest absolute Gasteiger partial charge is 0.220 e. The molecule has 3 heteroatoms. The summed E-state index contributed by atoms with van der Waals surface area (Å²) in [5.41, 5.74) is 0. The number of nitrogens with one attached hydrogen (secondary N) is 1. The van der Waals surface area contributed by atoms with Crippen molar-refractivity contribution >= 4 is 5.91 Å². The van der Waals surface area contributed by atoms with E-state index in [9.17, 15) is 4.79 Å². The van der Waals surface area contributed by atoms with E-state index >= 15 is 0 Å². The van der Waals surface area contributed by atoms with Crippen LogP contribution in [-0.4, -0.2) is 24.2 Å². The first-order chi connectivity index (χ1) is 7.10. The van der Waals surface area contributed by atoms with E-state index < -0.39 is 0 Å². The highest BCUT2D eigenvalue weighted by molar-refractivity contribution is 5.75. The van der Waals surface area contributed by atoms with Crippen LogP contribution in [0.5, 0.6) is 0 Å². The van der Waals surface area contributed by atoms with Crippen molar-refractivity contribution in [3.63, 3.8) is 0 Å². The van der Waals surface area contributed by atoms with Gasteiger partial charge in [0.1, 0.15) is 0 Å². The van der Waals surface area contributed by atoms with E-state index in [0.717, 1.165) is 19.3 Å². The van der Waals surface area contributed by atoms with Crippen LogP contribution in [0.25, 0.3) is 0 Å². The van der Waals surface area contributed by atoms with Gasteiger partial charge in [-0.3, -0.25) is 4.79 Å². The molecule has 0 aromatic rings. The summed E-state index contributed by atoms with van der Waals surface area (Å²) in [6.07, 6.45) is 3.35. The lowest BCUT2D eigenvalue weighted by Crippen LogP contribution is -2.29. The average molecular weight is 215 g/mol. The molecule has 1 atom stereocenters. The summed E-state index contributed by atoms with van der Waals surface area (Å²) in [6.45, 7) is 7.23. The Balaban J connectivity index is 3.59. The molecule has 2 N–H and O–H groups in total. The molecule has 90 valence electrons. The highest BCUT2D eigenvalue weighted by Crippen LogP contribution is 2.07. The summed E-state index contributed by atoms with van der Waals surface area (Å²) in [5.74, 6) is 1.13. The van der Waals surface area contributed by atoms with Crippen molar-refractivity contribution in [1.82, 2.24) is 5.32 Å². The number of amides is 1. The summed E-state index contributed by atoms with van der Waals surface area (Å²) in [7, 11) is 0. The zero-order valence-electron chi connectivity index (χ0n) is 10.3. The van der Waals surface area contributed by atoms with Crippen molar-refractivity contribution in [2.24, 2.45) is 11.8 Å². The van der Waals surface area contributed by atoms with Crippen LogP contribution in [0.1, 0.15) is 46.5 Å². The van der Waals surface area contributed by atoms with Crippen LogP contribution in [0.3, 0.4) is 0 Å². The number of carbonyl (C=O) groups excluding carboxylic acids is 1. The Morgan fingerprint density at radius 3 is 2.47 bits per heavy atom. The maximum atomic E-state index is 11.4. The fraction of sp³-hybridized carbons (Fsp3) is 0.917. The minimum Gasteiger partial charge on any atom is -0.396 e. The van der Waals surface area contributed by atoms with Gasteiger partial charge in [-0.15, -0.1) is 0 Å². The van der Waals surface area contributed by atoms with E-state index in [-0.39, 0.29) is 12.5 Å². The Labute approximate surface area is 93.3 Å². The first kappa shape index (κ1) is 14.4. The largest absolute Gasteiger partial charge is 0.396 e. The maximum absolute atomic E-state index is 11.4. The number of aliphatic hydroxyl groups excluding tert-OH is 1. The predicted molar refractivity (Wildman–Crippen MR) is 62.6 cm³/mol. The van der Waals surface area contributed by atoms with Gasteiger partial charge in [0.15, 0.2) is 0 Å². The molecule has 0 rings (SSSR count). The molecule has 0 saturated heterocycles. The Bertz CT molecular complexity index is 169. The van der Waals surface area contributed by atoms with Gasteiger partial charge >= 0.3 is 0 Å². The number of rotatable bonds is 8. The van der Waals surface area contributed by atoms with Crippen LogP contribution < -0.4 is 5.32 Å². The topological polar surface area (TPSA) is 49.3 Å². The monoisotopic (exact) mass is 215 g/mol. The molecule has 1 amide bonds. The summed E-state index contributed by atoms with van der Waals surface area (Å²) in [6, 6.07) is 0. The second kappa shape index (κ2) is 8.72. The Kier molecular flexibility index (Phi) is 8.38. The molecule has 0 aromatic heterocycles. The number of carbonyl (C=O) groups is 1. The van der Waals surface area contributed by atoms with Gasteiger partial charge in [0.05, 0.1) is 0 Å². The van der Waals surface area contributed by atoms with Crippen LogP contribution in [0, 0.1) is 11.8 Å². The molecule has 0 radical (unpaired) electrons. The van der Waals surface area contributed by atoms with Crippen molar-refractivity contribution in [1.29, 1.82) is 0 Å².